The van der Waals surface area contributed by atoms with Gasteiger partial charge in [-0.15, -0.1) is 0 Å². The summed E-state index contributed by atoms with van der Waals surface area (Å²) in [5.74, 6) is -0.288. The number of rotatable bonds is 9. The molecule has 0 bridgehead atoms. The summed E-state index contributed by atoms with van der Waals surface area (Å²) in [6.45, 7) is 4.41. The first-order chi connectivity index (χ1) is 9.13. The molecule has 1 unspecified atom stereocenters. The van der Waals surface area contributed by atoms with Gasteiger partial charge in [0.2, 0.25) is 5.91 Å². The zero-order valence-corrected chi connectivity index (χ0v) is 11.8. The summed E-state index contributed by atoms with van der Waals surface area (Å²) < 4.78 is 0. The fraction of sp³-hybridized carbons (Fsp3) is 0.571. The Balaban J connectivity index is 2.35. The zero-order valence-electron chi connectivity index (χ0n) is 11.8. The van der Waals surface area contributed by atoms with Gasteiger partial charge in [-0.2, -0.15) is 0 Å². The van der Waals surface area contributed by atoms with Crippen LogP contribution in [0.1, 0.15) is 18.9 Å². The van der Waals surface area contributed by atoms with Crippen molar-refractivity contribution in [3.8, 4) is 0 Å². The van der Waals surface area contributed by atoms with Gasteiger partial charge in [-0.05, 0) is 44.1 Å². The molecular formula is C14H24N4O. The standard InChI is InChI=1S/C14H24N4O/c1-3-7-17-13(14(15)19)11-18(2)10-6-12-4-8-16-9-5-12/h4-5,8-9,13,17H,3,6-7,10-11H2,1-2H3,(H2,15,19). The van der Waals surface area contributed by atoms with Gasteiger partial charge >= 0.3 is 0 Å². The predicted molar refractivity (Wildman–Crippen MR) is 76.7 cm³/mol. The van der Waals surface area contributed by atoms with Crippen molar-refractivity contribution >= 4 is 5.91 Å². The van der Waals surface area contributed by atoms with Gasteiger partial charge in [0.1, 0.15) is 0 Å². The summed E-state index contributed by atoms with van der Waals surface area (Å²) in [5.41, 5.74) is 6.65. The molecule has 0 saturated heterocycles. The second kappa shape index (κ2) is 8.61. The van der Waals surface area contributed by atoms with Gasteiger partial charge in [0.25, 0.3) is 0 Å². The lowest BCUT2D eigenvalue weighted by Crippen LogP contribution is -2.48. The van der Waals surface area contributed by atoms with Crippen molar-refractivity contribution < 1.29 is 4.79 Å². The van der Waals surface area contributed by atoms with Crippen molar-refractivity contribution in [1.82, 2.24) is 15.2 Å². The molecule has 3 N–H and O–H groups in total. The first-order valence-electron chi connectivity index (χ1n) is 6.73. The van der Waals surface area contributed by atoms with Gasteiger partial charge < -0.3 is 16.0 Å². The number of carbonyl (C=O) groups is 1. The van der Waals surface area contributed by atoms with Crippen LogP contribution >= 0.6 is 0 Å². The molecule has 0 aliphatic rings. The van der Waals surface area contributed by atoms with E-state index in [1.54, 1.807) is 12.4 Å². The number of amides is 1. The summed E-state index contributed by atoms with van der Waals surface area (Å²) in [7, 11) is 2.00. The van der Waals surface area contributed by atoms with E-state index in [9.17, 15) is 4.79 Å². The van der Waals surface area contributed by atoms with Gasteiger partial charge in [-0.25, -0.2) is 0 Å². The third-order valence-corrected chi connectivity index (χ3v) is 3.01. The van der Waals surface area contributed by atoms with E-state index in [1.807, 2.05) is 19.2 Å². The Bertz CT molecular complexity index is 369. The predicted octanol–water partition coefficient (Wildman–Crippen LogP) is 0.409. The van der Waals surface area contributed by atoms with Gasteiger partial charge in [-0.3, -0.25) is 9.78 Å². The maximum Gasteiger partial charge on any atom is 0.235 e. The molecule has 0 fully saturated rings. The fourth-order valence-corrected chi connectivity index (χ4v) is 1.85. The van der Waals surface area contributed by atoms with E-state index >= 15 is 0 Å². The van der Waals surface area contributed by atoms with Crippen LogP contribution in [0.2, 0.25) is 0 Å². The van der Waals surface area contributed by atoms with Gasteiger partial charge in [0.05, 0.1) is 6.04 Å². The minimum absolute atomic E-state index is 0.276. The SMILES string of the molecule is CCCNC(CN(C)CCc1ccncc1)C(N)=O. The van der Waals surface area contributed by atoms with Crippen molar-refractivity contribution in [1.29, 1.82) is 0 Å². The Morgan fingerprint density at radius 1 is 1.47 bits per heavy atom. The number of carbonyl (C=O) groups excluding carboxylic acids is 1. The summed E-state index contributed by atoms with van der Waals surface area (Å²) in [5, 5.41) is 3.17. The molecular weight excluding hydrogens is 240 g/mol. The van der Waals surface area contributed by atoms with Crippen LogP contribution in [-0.4, -0.2) is 48.5 Å². The minimum atomic E-state index is -0.288. The maximum absolute atomic E-state index is 11.3. The Morgan fingerprint density at radius 2 is 2.16 bits per heavy atom. The van der Waals surface area contributed by atoms with Crippen molar-refractivity contribution in [3.63, 3.8) is 0 Å². The van der Waals surface area contributed by atoms with Crippen LogP contribution < -0.4 is 11.1 Å². The highest BCUT2D eigenvalue weighted by atomic mass is 16.1. The van der Waals surface area contributed by atoms with E-state index in [0.717, 1.165) is 25.9 Å². The van der Waals surface area contributed by atoms with Gasteiger partial charge in [-0.1, -0.05) is 6.92 Å². The fourth-order valence-electron chi connectivity index (χ4n) is 1.85. The monoisotopic (exact) mass is 264 g/mol. The molecule has 1 aromatic rings. The quantitative estimate of drug-likeness (QED) is 0.677. The highest BCUT2D eigenvalue weighted by Crippen LogP contribution is 1.99. The number of hydrogen-bond donors (Lipinski definition) is 2. The molecule has 1 amide bonds. The van der Waals surface area contributed by atoms with Crippen molar-refractivity contribution in [2.75, 3.05) is 26.7 Å². The van der Waals surface area contributed by atoms with E-state index in [-0.39, 0.29) is 11.9 Å². The largest absolute Gasteiger partial charge is 0.368 e. The molecule has 0 radical (unpaired) electrons. The third kappa shape index (κ3) is 6.31. The van der Waals surface area contributed by atoms with E-state index < -0.39 is 0 Å². The molecule has 0 saturated carbocycles. The number of hydrogen-bond acceptors (Lipinski definition) is 4. The van der Waals surface area contributed by atoms with E-state index in [2.05, 4.69) is 22.1 Å². The average Bonchev–Trinajstić information content (AvgIpc) is 2.42. The van der Waals surface area contributed by atoms with Crippen molar-refractivity contribution in [2.24, 2.45) is 5.73 Å². The smallest absolute Gasteiger partial charge is 0.235 e. The van der Waals surface area contributed by atoms with Crippen LogP contribution in [0.15, 0.2) is 24.5 Å². The van der Waals surface area contributed by atoms with Crippen LogP contribution in [0.25, 0.3) is 0 Å². The van der Waals surface area contributed by atoms with Crippen LogP contribution in [0.3, 0.4) is 0 Å². The lowest BCUT2D eigenvalue weighted by molar-refractivity contribution is -0.120. The van der Waals surface area contributed by atoms with Gasteiger partial charge in [0, 0.05) is 25.5 Å². The van der Waals surface area contributed by atoms with Crippen LogP contribution in [-0.2, 0) is 11.2 Å². The van der Waals surface area contributed by atoms with Crippen LogP contribution in [0.5, 0.6) is 0 Å². The molecule has 1 rings (SSSR count). The highest BCUT2D eigenvalue weighted by molar-refractivity contribution is 5.80. The lowest BCUT2D eigenvalue weighted by atomic mass is 10.2. The number of nitrogens with zero attached hydrogens (tertiary/aromatic N) is 2. The Kier molecular flexibility index (Phi) is 7.07. The molecule has 19 heavy (non-hydrogen) atoms. The molecule has 0 aromatic carbocycles. The Hall–Kier alpha value is -1.46. The van der Waals surface area contributed by atoms with E-state index in [0.29, 0.717) is 6.54 Å². The third-order valence-electron chi connectivity index (χ3n) is 3.01. The summed E-state index contributed by atoms with van der Waals surface area (Å²) in [6, 6.07) is 3.74. The summed E-state index contributed by atoms with van der Waals surface area (Å²) >= 11 is 0. The second-order valence-corrected chi connectivity index (χ2v) is 4.78. The van der Waals surface area contributed by atoms with Crippen LogP contribution in [0.4, 0.5) is 0 Å². The summed E-state index contributed by atoms with van der Waals surface area (Å²) in [4.78, 5) is 17.5. The molecule has 0 aliphatic heterocycles. The molecule has 5 heteroatoms. The Morgan fingerprint density at radius 3 is 2.74 bits per heavy atom. The molecule has 5 nitrogen and oxygen atoms in total. The number of aromatic nitrogens is 1. The number of likely N-dealkylation sites (N-methyl/N-ethyl adjacent to an activating group) is 1. The first kappa shape index (κ1) is 15.6. The minimum Gasteiger partial charge on any atom is -0.368 e. The molecule has 1 aromatic heterocycles. The van der Waals surface area contributed by atoms with Crippen molar-refractivity contribution in [3.05, 3.63) is 30.1 Å². The highest BCUT2D eigenvalue weighted by Gasteiger charge is 2.16. The zero-order chi connectivity index (χ0) is 14.1. The first-order valence-corrected chi connectivity index (χ1v) is 6.73. The normalized spacial score (nSPS) is 12.6. The van der Waals surface area contributed by atoms with Crippen LogP contribution in [0, 0.1) is 0 Å². The maximum atomic E-state index is 11.3. The summed E-state index contributed by atoms with van der Waals surface area (Å²) in [6.07, 6.45) is 5.53. The number of nitrogens with one attached hydrogen (secondary N) is 1. The molecule has 106 valence electrons. The molecule has 0 spiro atoms. The van der Waals surface area contributed by atoms with E-state index in [4.69, 9.17) is 5.73 Å². The Labute approximate surface area is 115 Å². The average molecular weight is 264 g/mol. The molecule has 1 heterocycles. The van der Waals surface area contributed by atoms with Gasteiger partial charge in [0.15, 0.2) is 0 Å². The van der Waals surface area contributed by atoms with E-state index in [1.165, 1.54) is 5.56 Å². The number of nitrogens with two attached hydrogens (primary N) is 1. The molecule has 1 atom stereocenters. The lowest BCUT2D eigenvalue weighted by Gasteiger charge is -2.22. The van der Waals surface area contributed by atoms with Crippen molar-refractivity contribution in [2.45, 2.75) is 25.8 Å². The number of primary amides is 1. The second-order valence-electron chi connectivity index (χ2n) is 4.78. The number of pyridine rings is 1. The molecule has 0 aliphatic carbocycles. The topological polar surface area (TPSA) is 71.2 Å².